The highest BCUT2D eigenvalue weighted by Crippen LogP contribution is 2.36. The minimum Gasteiger partial charge on any atom is -0.490 e. The maximum atomic E-state index is 13.4. The van der Waals surface area contributed by atoms with Crippen molar-refractivity contribution in [2.24, 2.45) is 0 Å². The van der Waals surface area contributed by atoms with Crippen molar-refractivity contribution in [3.63, 3.8) is 0 Å². The number of carbonyl (C=O) groups excluding carboxylic acids is 2. The largest absolute Gasteiger partial charge is 0.490 e. The Morgan fingerprint density at radius 2 is 1.57 bits per heavy atom. The van der Waals surface area contributed by atoms with Crippen LogP contribution >= 0.6 is 11.6 Å². The molecular formula is C35H43ClN4O4. The Kier molecular flexibility index (Phi) is 10.3. The lowest BCUT2D eigenvalue weighted by molar-refractivity contribution is 0.0661. The molecule has 2 aliphatic rings. The Morgan fingerprint density at radius 1 is 0.932 bits per heavy atom. The molecule has 0 aliphatic carbocycles. The zero-order valence-corrected chi connectivity index (χ0v) is 26.8. The zero-order chi connectivity index (χ0) is 31.2. The molecular weight excluding hydrogens is 576 g/mol. The summed E-state index contributed by atoms with van der Waals surface area (Å²) in [6.45, 7) is 6.54. The Bertz CT molecular complexity index is 1410. The van der Waals surface area contributed by atoms with E-state index in [-0.39, 0.29) is 24.1 Å². The van der Waals surface area contributed by atoms with Crippen LogP contribution in [0.2, 0.25) is 5.02 Å². The number of fused-ring (bicyclic) bond motifs is 2. The van der Waals surface area contributed by atoms with Crippen molar-refractivity contribution in [1.29, 1.82) is 0 Å². The van der Waals surface area contributed by atoms with Crippen LogP contribution in [0.3, 0.4) is 0 Å². The van der Waals surface area contributed by atoms with E-state index in [0.29, 0.717) is 46.4 Å². The van der Waals surface area contributed by atoms with Crippen LogP contribution in [0.25, 0.3) is 0 Å². The second-order valence-electron chi connectivity index (χ2n) is 11.7. The molecule has 0 aromatic heterocycles. The monoisotopic (exact) mass is 618 g/mol. The van der Waals surface area contributed by atoms with Gasteiger partial charge < -0.3 is 29.9 Å². The van der Waals surface area contributed by atoms with Crippen LogP contribution in [0.5, 0.6) is 17.2 Å². The third-order valence-electron chi connectivity index (χ3n) is 8.91. The van der Waals surface area contributed by atoms with Crippen molar-refractivity contribution in [1.82, 2.24) is 10.2 Å². The fourth-order valence-electron chi connectivity index (χ4n) is 6.25. The molecule has 2 heterocycles. The number of nitrogens with one attached hydrogen (secondary N) is 2. The van der Waals surface area contributed by atoms with E-state index in [4.69, 9.17) is 21.1 Å². The average Bonchev–Trinajstić information content (AvgIpc) is 3.22. The molecule has 234 valence electrons. The van der Waals surface area contributed by atoms with Gasteiger partial charge in [-0.15, -0.1) is 0 Å². The summed E-state index contributed by atoms with van der Waals surface area (Å²) in [6, 6.07) is 21.0. The molecule has 2 unspecified atom stereocenters. The first-order valence-corrected chi connectivity index (χ1v) is 16.1. The van der Waals surface area contributed by atoms with Gasteiger partial charge in [0.2, 0.25) is 0 Å². The number of hydrogen-bond acceptors (Lipinski definition) is 5. The summed E-state index contributed by atoms with van der Waals surface area (Å²) in [7, 11) is 2.23. The highest BCUT2D eigenvalue weighted by Gasteiger charge is 2.39. The van der Waals surface area contributed by atoms with Crippen LogP contribution in [0.15, 0.2) is 66.7 Å². The van der Waals surface area contributed by atoms with Crippen molar-refractivity contribution < 1.29 is 19.1 Å². The predicted octanol–water partition coefficient (Wildman–Crippen LogP) is 8.11. The third-order valence-corrected chi connectivity index (χ3v) is 9.20. The fourth-order valence-corrected chi connectivity index (χ4v) is 6.47. The summed E-state index contributed by atoms with van der Waals surface area (Å²) in [5.41, 5.74) is 1.95. The molecule has 3 aromatic rings. The van der Waals surface area contributed by atoms with Gasteiger partial charge in [-0.2, -0.15) is 0 Å². The van der Waals surface area contributed by atoms with Crippen LogP contribution in [0.1, 0.15) is 69.7 Å². The lowest BCUT2D eigenvalue weighted by atomic mass is 10.0. The van der Waals surface area contributed by atoms with E-state index in [1.54, 1.807) is 23.1 Å². The number of anilines is 2. The SMILES string of the molecule is CCC(CC)NC(=O)Nc1ccc(Oc2ccc(N(CC)C(=O)c3ccc(OC4CC5CCC(C4)N5C)cc3)cc2)c(Cl)c1. The van der Waals surface area contributed by atoms with Gasteiger partial charge in [-0.25, -0.2) is 4.79 Å². The number of carbonyl (C=O) groups is 2. The quantitative estimate of drug-likeness (QED) is 0.227. The molecule has 8 nitrogen and oxygen atoms in total. The van der Waals surface area contributed by atoms with Crippen LogP contribution in [0.4, 0.5) is 16.2 Å². The van der Waals surface area contributed by atoms with Gasteiger partial charge in [0.05, 0.1) is 5.02 Å². The van der Waals surface area contributed by atoms with E-state index >= 15 is 0 Å². The van der Waals surface area contributed by atoms with Crippen molar-refractivity contribution in [3.8, 4) is 17.2 Å². The molecule has 2 saturated heterocycles. The molecule has 2 aliphatic heterocycles. The lowest BCUT2D eigenvalue weighted by Gasteiger charge is -2.36. The molecule has 5 rings (SSSR count). The number of benzene rings is 3. The van der Waals surface area contributed by atoms with E-state index in [9.17, 15) is 9.59 Å². The van der Waals surface area contributed by atoms with Crippen LogP contribution in [0, 0.1) is 0 Å². The number of rotatable bonds is 11. The maximum absolute atomic E-state index is 13.4. The Labute approximate surface area is 265 Å². The van der Waals surface area contributed by atoms with Crippen molar-refractivity contribution in [3.05, 3.63) is 77.3 Å². The van der Waals surface area contributed by atoms with Gasteiger partial charge in [0.15, 0.2) is 0 Å². The van der Waals surface area contributed by atoms with Gasteiger partial charge in [-0.05, 0) is 119 Å². The molecule has 0 spiro atoms. The standard InChI is InChI=1S/C35H43ClN4O4/c1-5-24(6-2)37-35(42)38-25-10-19-33(32(36)20-25)44-30-17-13-26(14-18-30)40(7-3)34(41)23-8-15-29(16-9-23)43-31-21-27-11-12-28(22-31)39(27)4/h8-10,13-20,24,27-28,31H,5-7,11-12,21-22H2,1-4H3,(H2,37,38,42). The summed E-state index contributed by atoms with van der Waals surface area (Å²) in [6.07, 6.45) is 6.59. The fraction of sp³-hybridized carbons (Fsp3) is 0.429. The zero-order valence-electron chi connectivity index (χ0n) is 26.0. The smallest absolute Gasteiger partial charge is 0.319 e. The first kappa shape index (κ1) is 31.7. The van der Waals surface area contributed by atoms with Crippen LogP contribution in [-0.2, 0) is 0 Å². The van der Waals surface area contributed by atoms with E-state index in [2.05, 4.69) is 22.6 Å². The van der Waals surface area contributed by atoms with Crippen LogP contribution < -0.4 is 25.0 Å². The van der Waals surface area contributed by atoms with Gasteiger partial charge in [0, 0.05) is 41.6 Å². The minimum atomic E-state index is -0.266. The molecule has 2 N–H and O–H groups in total. The molecule has 3 amide bonds. The number of hydrogen-bond donors (Lipinski definition) is 2. The molecule has 3 aromatic carbocycles. The molecule has 2 bridgehead atoms. The Morgan fingerprint density at radius 3 is 2.16 bits per heavy atom. The van der Waals surface area contributed by atoms with Gasteiger partial charge in [-0.3, -0.25) is 4.79 Å². The highest BCUT2D eigenvalue weighted by atomic mass is 35.5. The van der Waals surface area contributed by atoms with Crippen molar-refractivity contribution in [2.45, 2.75) is 83.5 Å². The average molecular weight is 619 g/mol. The second-order valence-corrected chi connectivity index (χ2v) is 12.1. The van der Waals surface area contributed by atoms with E-state index in [1.165, 1.54) is 12.8 Å². The van der Waals surface area contributed by atoms with Gasteiger partial charge in [0.25, 0.3) is 5.91 Å². The van der Waals surface area contributed by atoms with Gasteiger partial charge in [-0.1, -0.05) is 25.4 Å². The van der Waals surface area contributed by atoms with E-state index < -0.39 is 0 Å². The molecule has 2 atom stereocenters. The summed E-state index contributed by atoms with van der Waals surface area (Å²) in [4.78, 5) is 29.9. The number of ether oxygens (including phenoxy) is 2. The molecule has 2 fully saturated rings. The number of halogens is 1. The van der Waals surface area contributed by atoms with Gasteiger partial charge >= 0.3 is 6.03 Å². The maximum Gasteiger partial charge on any atom is 0.319 e. The van der Waals surface area contributed by atoms with Crippen molar-refractivity contribution in [2.75, 3.05) is 23.8 Å². The topological polar surface area (TPSA) is 83.1 Å². The summed E-state index contributed by atoms with van der Waals surface area (Å²) in [5.74, 6) is 1.77. The number of nitrogens with zero attached hydrogens (tertiary/aromatic N) is 2. The normalized spacial score (nSPS) is 19.5. The lowest BCUT2D eigenvalue weighted by Crippen LogP contribution is -2.43. The molecule has 9 heteroatoms. The number of urea groups is 1. The molecule has 0 radical (unpaired) electrons. The summed E-state index contributed by atoms with van der Waals surface area (Å²) < 4.78 is 12.3. The summed E-state index contributed by atoms with van der Waals surface area (Å²) in [5, 5.41) is 6.13. The number of piperidine rings is 1. The predicted molar refractivity (Wildman–Crippen MR) is 177 cm³/mol. The van der Waals surface area contributed by atoms with E-state index in [0.717, 1.165) is 37.1 Å². The van der Waals surface area contributed by atoms with Gasteiger partial charge in [0.1, 0.15) is 23.4 Å². The third kappa shape index (κ3) is 7.48. The number of amides is 3. The Hall–Kier alpha value is -3.75. The first-order valence-electron chi connectivity index (χ1n) is 15.7. The molecule has 44 heavy (non-hydrogen) atoms. The first-order chi connectivity index (χ1) is 21.3. The van der Waals surface area contributed by atoms with Crippen LogP contribution in [-0.4, -0.2) is 54.7 Å². The second kappa shape index (κ2) is 14.4. The Balaban J connectivity index is 1.17. The minimum absolute atomic E-state index is 0.0792. The molecule has 0 saturated carbocycles. The van der Waals surface area contributed by atoms with Crippen molar-refractivity contribution >= 4 is 34.9 Å². The summed E-state index contributed by atoms with van der Waals surface area (Å²) >= 11 is 6.46. The highest BCUT2D eigenvalue weighted by molar-refractivity contribution is 6.32. The van der Waals surface area contributed by atoms with E-state index in [1.807, 2.05) is 69.3 Å².